The van der Waals surface area contributed by atoms with Crippen LogP contribution in [0.1, 0.15) is 27.2 Å². The maximum absolute atomic E-state index is 13.3. The van der Waals surface area contributed by atoms with Gasteiger partial charge in [-0.2, -0.15) is 0 Å². The fourth-order valence-corrected chi connectivity index (χ4v) is 2.74. The van der Waals surface area contributed by atoms with Crippen molar-refractivity contribution in [1.29, 1.82) is 0 Å². The van der Waals surface area contributed by atoms with E-state index in [1.54, 1.807) is 6.07 Å². The lowest BCUT2D eigenvalue weighted by molar-refractivity contribution is 0.102. The fourth-order valence-electron chi connectivity index (χ4n) is 2.74. The van der Waals surface area contributed by atoms with Crippen molar-refractivity contribution in [2.75, 3.05) is 5.32 Å². The van der Waals surface area contributed by atoms with E-state index < -0.39 is 5.82 Å². The molecule has 0 aliphatic heterocycles. The molecule has 0 radical (unpaired) electrons. The van der Waals surface area contributed by atoms with Gasteiger partial charge in [-0.15, -0.1) is 0 Å². The molecule has 0 fully saturated rings. The number of anilines is 1. The number of halogens is 1. The van der Waals surface area contributed by atoms with Gasteiger partial charge >= 0.3 is 0 Å². The van der Waals surface area contributed by atoms with Crippen LogP contribution in [0.4, 0.5) is 10.1 Å². The Bertz CT molecular complexity index is 919. The topological polar surface area (TPSA) is 42.0 Å². The van der Waals surface area contributed by atoms with Gasteiger partial charge in [0.25, 0.3) is 5.91 Å². The zero-order valence-corrected chi connectivity index (χ0v) is 13.3. The number of fused-ring (bicyclic) bond motifs is 1. The lowest BCUT2D eigenvalue weighted by Gasteiger charge is -2.12. The van der Waals surface area contributed by atoms with E-state index >= 15 is 0 Å². The van der Waals surface area contributed by atoms with Crippen molar-refractivity contribution in [2.45, 2.75) is 20.8 Å². The Hall–Kier alpha value is -2.75. The summed E-state index contributed by atoms with van der Waals surface area (Å²) in [6.07, 6.45) is 0. The van der Waals surface area contributed by atoms with Crippen LogP contribution in [0.3, 0.4) is 0 Å². The van der Waals surface area contributed by atoms with Crippen LogP contribution in [-0.4, -0.2) is 10.9 Å². The third-order valence-corrected chi connectivity index (χ3v) is 3.71. The molecular formula is C19H17FN2O. The van der Waals surface area contributed by atoms with Gasteiger partial charge in [0.15, 0.2) is 0 Å². The summed E-state index contributed by atoms with van der Waals surface area (Å²) in [5.41, 5.74) is 4.82. The lowest BCUT2D eigenvalue weighted by Crippen LogP contribution is -2.13. The number of benzene rings is 2. The highest BCUT2D eigenvalue weighted by Gasteiger charge is 2.12. The summed E-state index contributed by atoms with van der Waals surface area (Å²) in [6, 6.07) is 11.5. The lowest BCUT2D eigenvalue weighted by atomic mass is 10.0. The summed E-state index contributed by atoms with van der Waals surface area (Å²) in [4.78, 5) is 17.0. The van der Waals surface area contributed by atoms with E-state index in [0.717, 1.165) is 27.7 Å². The number of rotatable bonds is 2. The molecule has 0 saturated carbocycles. The summed E-state index contributed by atoms with van der Waals surface area (Å²) in [6.45, 7) is 5.89. The summed E-state index contributed by atoms with van der Waals surface area (Å²) in [5, 5.41) is 3.77. The molecule has 1 N–H and O–H groups in total. The minimum absolute atomic E-state index is 0.289. The van der Waals surface area contributed by atoms with Crippen LogP contribution >= 0.6 is 0 Å². The molecule has 1 aromatic heterocycles. The molecule has 2 aromatic carbocycles. The molecule has 23 heavy (non-hydrogen) atoms. The first kappa shape index (κ1) is 15.2. The SMILES string of the molecule is Cc1cc(C)c2nc(C)cc(NC(=O)c3cccc(F)c3)c2c1. The van der Waals surface area contributed by atoms with Gasteiger partial charge in [-0.1, -0.05) is 17.7 Å². The summed E-state index contributed by atoms with van der Waals surface area (Å²) in [7, 11) is 0. The summed E-state index contributed by atoms with van der Waals surface area (Å²) < 4.78 is 13.3. The van der Waals surface area contributed by atoms with Crippen LogP contribution in [0.2, 0.25) is 0 Å². The maximum Gasteiger partial charge on any atom is 0.255 e. The molecular weight excluding hydrogens is 291 g/mol. The Kier molecular flexibility index (Phi) is 3.82. The number of pyridine rings is 1. The molecule has 0 aliphatic rings. The van der Waals surface area contributed by atoms with Crippen LogP contribution in [0.5, 0.6) is 0 Å². The largest absolute Gasteiger partial charge is 0.321 e. The molecule has 1 heterocycles. The number of aromatic nitrogens is 1. The van der Waals surface area contributed by atoms with Gasteiger partial charge in [0, 0.05) is 16.6 Å². The quantitative estimate of drug-likeness (QED) is 0.754. The average Bonchev–Trinajstić information content (AvgIpc) is 2.48. The first-order chi connectivity index (χ1) is 10.9. The van der Waals surface area contributed by atoms with Gasteiger partial charge in [-0.3, -0.25) is 9.78 Å². The number of aryl methyl sites for hydroxylation is 3. The molecule has 0 spiro atoms. The maximum atomic E-state index is 13.3. The molecule has 0 unspecified atom stereocenters. The van der Waals surface area contributed by atoms with E-state index in [1.165, 1.54) is 18.2 Å². The van der Waals surface area contributed by atoms with Crippen molar-refractivity contribution >= 4 is 22.5 Å². The molecule has 3 nitrogen and oxygen atoms in total. The first-order valence-electron chi connectivity index (χ1n) is 7.39. The minimum atomic E-state index is -0.430. The van der Waals surface area contributed by atoms with E-state index in [0.29, 0.717) is 5.69 Å². The normalized spacial score (nSPS) is 10.8. The van der Waals surface area contributed by atoms with E-state index in [1.807, 2.05) is 32.9 Å². The number of amides is 1. The summed E-state index contributed by atoms with van der Waals surface area (Å²) >= 11 is 0. The predicted molar refractivity (Wildman–Crippen MR) is 90.3 cm³/mol. The molecule has 0 aliphatic carbocycles. The molecule has 4 heteroatoms. The molecule has 3 rings (SSSR count). The van der Waals surface area contributed by atoms with Gasteiger partial charge in [-0.25, -0.2) is 4.39 Å². The monoisotopic (exact) mass is 308 g/mol. The Balaban J connectivity index is 2.07. The zero-order valence-electron chi connectivity index (χ0n) is 13.3. The van der Waals surface area contributed by atoms with Crippen molar-refractivity contribution < 1.29 is 9.18 Å². The molecule has 0 bridgehead atoms. The Labute approximate surface area is 134 Å². The third kappa shape index (κ3) is 3.06. The van der Waals surface area contributed by atoms with Crippen molar-refractivity contribution in [3.8, 4) is 0 Å². The van der Waals surface area contributed by atoms with E-state index in [-0.39, 0.29) is 11.5 Å². The van der Waals surface area contributed by atoms with Crippen LogP contribution < -0.4 is 5.32 Å². The Morgan fingerprint density at radius 1 is 1.09 bits per heavy atom. The minimum Gasteiger partial charge on any atom is -0.321 e. The standard InChI is InChI=1S/C19H17FN2O/c1-11-7-12(2)18-16(8-11)17(9-13(3)21-18)22-19(23)14-5-4-6-15(20)10-14/h4-10H,1-3H3,(H,21,22,23). The highest BCUT2D eigenvalue weighted by atomic mass is 19.1. The smallest absolute Gasteiger partial charge is 0.255 e. The van der Waals surface area contributed by atoms with E-state index in [9.17, 15) is 9.18 Å². The molecule has 0 saturated heterocycles. The Morgan fingerprint density at radius 2 is 1.87 bits per heavy atom. The highest BCUT2D eigenvalue weighted by Crippen LogP contribution is 2.27. The van der Waals surface area contributed by atoms with Gasteiger partial charge in [0.05, 0.1) is 11.2 Å². The van der Waals surface area contributed by atoms with Crippen molar-refractivity contribution in [1.82, 2.24) is 4.98 Å². The number of nitrogens with one attached hydrogen (secondary N) is 1. The van der Waals surface area contributed by atoms with Crippen molar-refractivity contribution in [3.63, 3.8) is 0 Å². The van der Waals surface area contributed by atoms with Gasteiger partial charge in [-0.05, 0) is 56.7 Å². The van der Waals surface area contributed by atoms with Gasteiger partial charge < -0.3 is 5.32 Å². The van der Waals surface area contributed by atoms with Crippen molar-refractivity contribution in [2.24, 2.45) is 0 Å². The molecule has 0 atom stereocenters. The van der Waals surface area contributed by atoms with Gasteiger partial charge in [0.1, 0.15) is 5.82 Å². The van der Waals surface area contributed by atoms with Crippen LogP contribution in [0, 0.1) is 26.6 Å². The van der Waals surface area contributed by atoms with Crippen LogP contribution in [0.15, 0.2) is 42.5 Å². The number of hydrogen-bond acceptors (Lipinski definition) is 2. The third-order valence-electron chi connectivity index (χ3n) is 3.71. The van der Waals surface area contributed by atoms with Gasteiger partial charge in [0.2, 0.25) is 0 Å². The highest BCUT2D eigenvalue weighted by molar-refractivity contribution is 6.09. The average molecular weight is 308 g/mol. The Morgan fingerprint density at radius 3 is 2.61 bits per heavy atom. The number of carbonyl (C=O) groups excluding carboxylic acids is 1. The summed E-state index contributed by atoms with van der Waals surface area (Å²) in [5.74, 6) is -0.768. The first-order valence-corrected chi connectivity index (χ1v) is 7.39. The van der Waals surface area contributed by atoms with Crippen molar-refractivity contribution in [3.05, 3.63) is 70.7 Å². The molecule has 1 amide bonds. The molecule has 116 valence electrons. The predicted octanol–water partition coefficient (Wildman–Crippen LogP) is 4.55. The second-order valence-electron chi connectivity index (χ2n) is 5.75. The number of carbonyl (C=O) groups is 1. The number of hydrogen-bond donors (Lipinski definition) is 1. The van der Waals surface area contributed by atoms with E-state index in [4.69, 9.17) is 0 Å². The zero-order chi connectivity index (χ0) is 16.6. The van der Waals surface area contributed by atoms with Crippen LogP contribution in [0.25, 0.3) is 10.9 Å². The fraction of sp³-hybridized carbons (Fsp3) is 0.158. The second kappa shape index (κ2) is 5.80. The van der Waals surface area contributed by atoms with E-state index in [2.05, 4.69) is 16.4 Å². The van der Waals surface area contributed by atoms with Crippen LogP contribution in [-0.2, 0) is 0 Å². The number of nitrogens with zero attached hydrogens (tertiary/aromatic N) is 1. The molecule has 3 aromatic rings. The second-order valence-corrected chi connectivity index (χ2v) is 5.75.